The van der Waals surface area contributed by atoms with Gasteiger partial charge in [0.2, 0.25) is 0 Å². The molecule has 0 nitrogen and oxygen atoms in total. The molecule has 0 aliphatic rings. The molecule has 0 radical (unpaired) electrons. The van der Waals surface area contributed by atoms with Crippen LogP contribution in [0.4, 0.5) is 0 Å². The second kappa shape index (κ2) is 8.10. The van der Waals surface area contributed by atoms with Gasteiger partial charge < -0.3 is 0 Å². The molecule has 0 amide bonds. The molecule has 1 unspecified atom stereocenters. The summed E-state index contributed by atoms with van der Waals surface area (Å²) in [6, 6.07) is 0. The van der Waals surface area contributed by atoms with E-state index in [2.05, 4.69) is 27.7 Å². The summed E-state index contributed by atoms with van der Waals surface area (Å²) < 4.78 is 0. The minimum absolute atomic E-state index is 0. The van der Waals surface area contributed by atoms with Crippen molar-refractivity contribution < 1.29 is 0 Å². The van der Waals surface area contributed by atoms with Crippen LogP contribution in [0.25, 0.3) is 0 Å². The summed E-state index contributed by atoms with van der Waals surface area (Å²) in [5, 5.41) is 0. The normalized spacial score (nSPS) is 12.8. The fraction of sp³-hybridized carbons (Fsp3) is 1.00. The molecule has 0 aliphatic heterocycles. The minimum Gasteiger partial charge on any atom is -0.0776 e. The van der Waals surface area contributed by atoms with Crippen LogP contribution in [-0.2, 0) is 0 Å². The summed E-state index contributed by atoms with van der Waals surface area (Å²) in [6.07, 6.45) is 5.60. The van der Waals surface area contributed by atoms with Crippen LogP contribution in [-0.4, -0.2) is 0 Å². The molecular formula is C11H26. The molecule has 0 aromatic heterocycles. The van der Waals surface area contributed by atoms with Gasteiger partial charge in [0.25, 0.3) is 0 Å². The molecule has 1 atom stereocenters. The molecular weight excluding hydrogens is 132 g/mol. The fourth-order valence-electron chi connectivity index (χ4n) is 1.08. The van der Waals surface area contributed by atoms with Crippen molar-refractivity contribution >= 4 is 0 Å². The Morgan fingerprint density at radius 1 is 1.00 bits per heavy atom. The van der Waals surface area contributed by atoms with Crippen molar-refractivity contribution in [2.24, 2.45) is 11.8 Å². The van der Waals surface area contributed by atoms with E-state index in [0.29, 0.717) is 0 Å². The maximum Gasteiger partial charge on any atom is -0.0445 e. The Balaban J connectivity index is 0. The number of rotatable bonds is 5. The number of hydrogen-bond acceptors (Lipinski definition) is 0. The lowest BCUT2D eigenvalue weighted by Gasteiger charge is -2.08. The molecule has 70 valence electrons. The first-order valence-corrected chi connectivity index (χ1v) is 4.66. The zero-order valence-corrected chi connectivity index (χ0v) is 7.98. The fourth-order valence-corrected chi connectivity index (χ4v) is 1.08. The lowest BCUT2D eigenvalue weighted by atomic mass is 9.98. The third-order valence-corrected chi connectivity index (χ3v) is 2.18. The van der Waals surface area contributed by atoms with Crippen LogP contribution in [0.1, 0.15) is 60.8 Å². The predicted octanol–water partition coefficient (Wildman–Crippen LogP) is 4.49. The smallest absolute Gasteiger partial charge is 0.0445 e. The maximum atomic E-state index is 2.35. The third-order valence-electron chi connectivity index (χ3n) is 2.18. The first-order valence-electron chi connectivity index (χ1n) is 4.66. The van der Waals surface area contributed by atoms with Crippen LogP contribution in [0.3, 0.4) is 0 Å². The van der Waals surface area contributed by atoms with Crippen molar-refractivity contribution in [3.63, 3.8) is 0 Å². The number of hydrogen-bond donors (Lipinski definition) is 0. The van der Waals surface area contributed by atoms with E-state index in [1.165, 1.54) is 25.7 Å². The Labute approximate surface area is 73.4 Å². The van der Waals surface area contributed by atoms with Crippen molar-refractivity contribution in [2.75, 3.05) is 0 Å². The van der Waals surface area contributed by atoms with E-state index < -0.39 is 0 Å². The first kappa shape index (κ1) is 13.6. The molecule has 0 fully saturated rings. The monoisotopic (exact) mass is 158 g/mol. The van der Waals surface area contributed by atoms with E-state index in [1.807, 2.05) is 0 Å². The second-order valence-corrected chi connectivity index (χ2v) is 3.84. The van der Waals surface area contributed by atoms with Crippen molar-refractivity contribution in [1.82, 2.24) is 0 Å². The SMILES string of the molecule is C.CCC(C)CCCC(C)C. The molecule has 0 aliphatic carbocycles. The van der Waals surface area contributed by atoms with Crippen molar-refractivity contribution in [1.29, 1.82) is 0 Å². The molecule has 0 heteroatoms. The molecule has 0 rings (SSSR count). The van der Waals surface area contributed by atoms with Crippen LogP contribution in [0.2, 0.25) is 0 Å². The molecule has 0 spiro atoms. The minimum atomic E-state index is 0. The van der Waals surface area contributed by atoms with Crippen LogP contribution in [0.15, 0.2) is 0 Å². The van der Waals surface area contributed by atoms with Gasteiger partial charge in [0.1, 0.15) is 0 Å². The van der Waals surface area contributed by atoms with Gasteiger partial charge in [-0.3, -0.25) is 0 Å². The van der Waals surface area contributed by atoms with Gasteiger partial charge in [-0.15, -0.1) is 0 Å². The molecule has 0 bridgehead atoms. The topological polar surface area (TPSA) is 0 Å². The van der Waals surface area contributed by atoms with E-state index in [-0.39, 0.29) is 7.43 Å². The van der Waals surface area contributed by atoms with E-state index in [1.54, 1.807) is 0 Å². The van der Waals surface area contributed by atoms with Gasteiger partial charge >= 0.3 is 0 Å². The average molecular weight is 158 g/mol. The molecule has 11 heavy (non-hydrogen) atoms. The van der Waals surface area contributed by atoms with Gasteiger partial charge in [0.15, 0.2) is 0 Å². The molecule has 0 N–H and O–H groups in total. The van der Waals surface area contributed by atoms with Crippen molar-refractivity contribution in [2.45, 2.75) is 60.8 Å². The van der Waals surface area contributed by atoms with Crippen molar-refractivity contribution in [3.05, 3.63) is 0 Å². The molecule has 0 saturated carbocycles. The van der Waals surface area contributed by atoms with Gasteiger partial charge in [0.05, 0.1) is 0 Å². The van der Waals surface area contributed by atoms with Gasteiger partial charge in [-0.2, -0.15) is 0 Å². The largest absolute Gasteiger partial charge is 0.0776 e. The van der Waals surface area contributed by atoms with Crippen molar-refractivity contribution in [3.8, 4) is 0 Å². The zero-order chi connectivity index (χ0) is 7.98. The lowest BCUT2D eigenvalue weighted by molar-refractivity contribution is 0.449. The van der Waals surface area contributed by atoms with Crippen LogP contribution >= 0.6 is 0 Å². The van der Waals surface area contributed by atoms with Gasteiger partial charge in [-0.05, 0) is 11.8 Å². The highest BCUT2D eigenvalue weighted by atomic mass is 14.0. The predicted molar refractivity (Wildman–Crippen MR) is 54.9 cm³/mol. The first-order chi connectivity index (χ1) is 4.66. The lowest BCUT2D eigenvalue weighted by Crippen LogP contribution is -1.94. The summed E-state index contributed by atoms with van der Waals surface area (Å²) in [7, 11) is 0. The van der Waals surface area contributed by atoms with Gasteiger partial charge in [0, 0.05) is 0 Å². The summed E-state index contributed by atoms with van der Waals surface area (Å²) in [5.74, 6) is 1.84. The molecule has 0 aromatic carbocycles. The summed E-state index contributed by atoms with van der Waals surface area (Å²) in [6.45, 7) is 9.23. The second-order valence-electron chi connectivity index (χ2n) is 3.84. The Morgan fingerprint density at radius 2 is 1.55 bits per heavy atom. The Kier molecular flexibility index (Phi) is 10.0. The van der Waals surface area contributed by atoms with Gasteiger partial charge in [-0.1, -0.05) is 60.8 Å². The quantitative estimate of drug-likeness (QED) is 0.553. The van der Waals surface area contributed by atoms with Gasteiger partial charge in [-0.25, -0.2) is 0 Å². The molecule has 0 heterocycles. The summed E-state index contributed by atoms with van der Waals surface area (Å²) in [5.41, 5.74) is 0. The molecule has 0 saturated heterocycles. The average Bonchev–Trinajstić information content (AvgIpc) is 1.87. The standard InChI is InChI=1S/C10H22.CH4/c1-5-10(4)8-6-7-9(2)3;/h9-10H,5-8H2,1-4H3;1H4. The van der Waals surface area contributed by atoms with Crippen LogP contribution in [0.5, 0.6) is 0 Å². The van der Waals surface area contributed by atoms with Crippen LogP contribution < -0.4 is 0 Å². The molecule has 0 aromatic rings. The highest BCUT2D eigenvalue weighted by molar-refractivity contribution is 4.52. The van der Waals surface area contributed by atoms with E-state index in [4.69, 9.17) is 0 Å². The third kappa shape index (κ3) is 10.0. The zero-order valence-electron chi connectivity index (χ0n) is 7.98. The van der Waals surface area contributed by atoms with Crippen LogP contribution in [0, 0.1) is 11.8 Å². The van der Waals surface area contributed by atoms with E-state index in [0.717, 1.165) is 11.8 Å². The highest BCUT2D eigenvalue weighted by Gasteiger charge is 1.99. The van der Waals surface area contributed by atoms with E-state index in [9.17, 15) is 0 Å². The Morgan fingerprint density at radius 3 is 1.91 bits per heavy atom. The Hall–Kier alpha value is 0. The summed E-state index contributed by atoms with van der Waals surface area (Å²) in [4.78, 5) is 0. The highest BCUT2D eigenvalue weighted by Crippen LogP contribution is 2.14. The van der Waals surface area contributed by atoms with E-state index >= 15 is 0 Å². The summed E-state index contributed by atoms with van der Waals surface area (Å²) >= 11 is 0. The maximum absolute atomic E-state index is 2.35. The Bertz CT molecular complexity index is 64.4.